The van der Waals surface area contributed by atoms with E-state index in [1.54, 1.807) is 17.0 Å². The lowest BCUT2D eigenvalue weighted by Gasteiger charge is -2.34. The number of ether oxygens (including phenoxy) is 1. The number of nitrogens with one attached hydrogen (secondary N) is 1. The second kappa shape index (κ2) is 12.5. The van der Waals surface area contributed by atoms with Crippen molar-refractivity contribution in [3.05, 3.63) is 64.7 Å². The van der Waals surface area contributed by atoms with Crippen LogP contribution in [0.25, 0.3) is 0 Å². The molecule has 2 fully saturated rings. The summed E-state index contributed by atoms with van der Waals surface area (Å²) in [5.41, 5.74) is 2.25. The van der Waals surface area contributed by atoms with Gasteiger partial charge in [0.15, 0.2) is 0 Å². The zero-order chi connectivity index (χ0) is 29.8. The van der Waals surface area contributed by atoms with Gasteiger partial charge in [0.1, 0.15) is 18.4 Å². The first kappa shape index (κ1) is 28.9. The number of carbonyl (C=O) groups excluding carboxylic acids is 5. The van der Waals surface area contributed by atoms with Crippen molar-refractivity contribution in [1.29, 1.82) is 0 Å². The van der Waals surface area contributed by atoms with E-state index in [2.05, 4.69) is 10.2 Å². The second-order valence-electron chi connectivity index (χ2n) is 10.6. The third kappa shape index (κ3) is 6.33. The van der Waals surface area contributed by atoms with E-state index in [0.717, 1.165) is 35.7 Å². The fraction of sp³-hybridized carbons (Fsp3) is 0.400. The Kier molecular flexibility index (Phi) is 8.62. The lowest BCUT2D eigenvalue weighted by Crippen LogP contribution is -2.54. The van der Waals surface area contributed by atoms with Crippen LogP contribution in [0.3, 0.4) is 0 Å². The Balaban J connectivity index is 1.13. The first-order chi connectivity index (χ1) is 20.2. The van der Waals surface area contributed by atoms with Gasteiger partial charge in [-0.2, -0.15) is 0 Å². The van der Waals surface area contributed by atoms with Crippen LogP contribution in [-0.4, -0.2) is 87.5 Å². The SMILES string of the molecule is O=C(O)CCCC(=O)N1CCN(Cc2ccc(COc3cccc4c3C(=O)N(C3CCC(=O)NC3=O)C4=O)cc2)CC1. The number of carboxylic acid groups (broad SMARTS) is 1. The van der Waals surface area contributed by atoms with Crippen LogP contribution in [0.4, 0.5) is 0 Å². The monoisotopic (exact) mass is 576 g/mol. The molecule has 3 aliphatic rings. The van der Waals surface area contributed by atoms with Crippen LogP contribution >= 0.6 is 0 Å². The lowest BCUT2D eigenvalue weighted by atomic mass is 10.0. The normalized spacial score (nSPS) is 19.1. The maximum absolute atomic E-state index is 13.2. The van der Waals surface area contributed by atoms with E-state index in [4.69, 9.17) is 9.84 Å². The number of imide groups is 2. The Morgan fingerprint density at radius 2 is 1.62 bits per heavy atom. The Bertz CT molecular complexity index is 1410. The van der Waals surface area contributed by atoms with Gasteiger partial charge in [0.25, 0.3) is 11.8 Å². The fourth-order valence-corrected chi connectivity index (χ4v) is 5.47. The van der Waals surface area contributed by atoms with Gasteiger partial charge in [-0.25, -0.2) is 0 Å². The summed E-state index contributed by atoms with van der Waals surface area (Å²) in [6.07, 6.45) is 0.744. The van der Waals surface area contributed by atoms with Crippen LogP contribution in [-0.2, 0) is 32.3 Å². The summed E-state index contributed by atoms with van der Waals surface area (Å²) >= 11 is 0. The Morgan fingerprint density at radius 3 is 2.31 bits per heavy atom. The van der Waals surface area contributed by atoms with Gasteiger partial charge in [-0.05, 0) is 36.1 Å². The fourth-order valence-electron chi connectivity index (χ4n) is 5.47. The summed E-state index contributed by atoms with van der Waals surface area (Å²) in [5.74, 6) is -2.92. The van der Waals surface area contributed by atoms with E-state index >= 15 is 0 Å². The minimum atomic E-state index is -1.04. The molecular formula is C30H32N4O8. The van der Waals surface area contributed by atoms with Crippen LogP contribution < -0.4 is 10.1 Å². The number of carboxylic acids is 1. The molecule has 12 nitrogen and oxygen atoms in total. The molecule has 0 aromatic heterocycles. The van der Waals surface area contributed by atoms with Crippen molar-refractivity contribution >= 4 is 35.5 Å². The summed E-state index contributed by atoms with van der Waals surface area (Å²) < 4.78 is 5.96. The molecule has 5 amide bonds. The van der Waals surface area contributed by atoms with Crippen molar-refractivity contribution in [2.75, 3.05) is 26.2 Å². The largest absolute Gasteiger partial charge is 0.488 e. The molecule has 1 atom stereocenters. The molecule has 2 aromatic carbocycles. The number of amides is 5. The van der Waals surface area contributed by atoms with E-state index in [9.17, 15) is 28.8 Å². The predicted molar refractivity (Wildman–Crippen MR) is 147 cm³/mol. The van der Waals surface area contributed by atoms with Gasteiger partial charge < -0.3 is 14.7 Å². The lowest BCUT2D eigenvalue weighted by molar-refractivity contribution is -0.138. The van der Waals surface area contributed by atoms with Gasteiger partial charge in [0.2, 0.25) is 17.7 Å². The molecule has 0 spiro atoms. The van der Waals surface area contributed by atoms with Crippen LogP contribution in [0.2, 0.25) is 0 Å². The van der Waals surface area contributed by atoms with Crippen LogP contribution in [0, 0.1) is 0 Å². The highest BCUT2D eigenvalue weighted by Gasteiger charge is 2.46. The molecule has 2 aromatic rings. The summed E-state index contributed by atoms with van der Waals surface area (Å²) in [5, 5.41) is 10.9. The first-order valence-corrected chi connectivity index (χ1v) is 14.0. The minimum absolute atomic E-state index is 0.000872. The Morgan fingerprint density at radius 1 is 0.905 bits per heavy atom. The van der Waals surface area contributed by atoms with Gasteiger partial charge in [-0.15, -0.1) is 0 Å². The van der Waals surface area contributed by atoms with Gasteiger partial charge in [0.05, 0.1) is 11.1 Å². The molecule has 42 heavy (non-hydrogen) atoms. The third-order valence-electron chi connectivity index (χ3n) is 7.76. The number of aliphatic carboxylic acids is 1. The van der Waals surface area contributed by atoms with Crippen LogP contribution in [0.1, 0.15) is 63.9 Å². The quantitative estimate of drug-likeness (QED) is 0.401. The number of piperidine rings is 1. The molecule has 2 saturated heterocycles. The van der Waals surface area contributed by atoms with Crippen LogP contribution in [0.15, 0.2) is 42.5 Å². The van der Waals surface area contributed by atoms with Gasteiger partial charge in [0, 0.05) is 52.0 Å². The molecule has 0 bridgehead atoms. The number of hydrogen-bond acceptors (Lipinski definition) is 8. The Labute approximate surface area is 242 Å². The average molecular weight is 577 g/mol. The van der Waals surface area contributed by atoms with E-state index in [1.807, 2.05) is 24.3 Å². The molecule has 3 heterocycles. The van der Waals surface area contributed by atoms with Crippen molar-refractivity contribution in [2.45, 2.75) is 51.3 Å². The number of benzene rings is 2. The molecule has 0 radical (unpaired) electrons. The summed E-state index contributed by atoms with van der Waals surface area (Å²) in [6, 6.07) is 11.6. The van der Waals surface area contributed by atoms with Gasteiger partial charge in [-0.1, -0.05) is 30.3 Å². The highest BCUT2D eigenvalue weighted by Crippen LogP contribution is 2.34. The number of hydrogen-bond donors (Lipinski definition) is 2. The number of fused-ring (bicyclic) bond motifs is 1. The van der Waals surface area contributed by atoms with Gasteiger partial charge in [-0.3, -0.25) is 43.9 Å². The maximum Gasteiger partial charge on any atom is 0.303 e. The highest BCUT2D eigenvalue weighted by atomic mass is 16.5. The van der Waals surface area contributed by atoms with Crippen molar-refractivity contribution in [3.8, 4) is 5.75 Å². The first-order valence-electron chi connectivity index (χ1n) is 14.0. The third-order valence-corrected chi connectivity index (χ3v) is 7.76. The molecule has 0 saturated carbocycles. The number of piperazine rings is 1. The van der Waals surface area contributed by atoms with E-state index in [1.165, 1.54) is 6.07 Å². The van der Waals surface area contributed by atoms with Crippen molar-refractivity contribution in [3.63, 3.8) is 0 Å². The predicted octanol–water partition coefficient (Wildman–Crippen LogP) is 1.57. The smallest absolute Gasteiger partial charge is 0.303 e. The van der Waals surface area contributed by atoms with Crippen molar-refractivity contribution in [2.24, 2.45) is 0 Å². The van der Waals surface area contributed by atoms with E-state index in [-0.39, 0.29) is 55.1 Å². The molecule has 220 valence electrons. The molecule has 1 unspecified atom stereocenters. The number of carbonyl (C=O) groups is 6. The second-order valence-corrected chi connectivity index (χ2v) is 10.6. The highest BCUT2D eigenvalue weighted by molar-refractivity contribution is 6.24. The number of rotatable bonds is 10. The van der Waals surface area contributed by atoms with Crippen LogP contribution in [0.5, 0.6) is 5.75 Å². The standard InChI is InChI=1S/C30H32N4O8/c35-24-12-11-22(28(39)31-24)34-29(40)21-3-1-4-23(27(21)30(34)41)42-18-20-9-7-19(8-10-20)17-32-13-15-33(16-14-32)25(36)5-2-6-26(37)38/h1,3-4,7-10,22H,2,5-6,11-18H2,(H,37,38)(H,31,35,39). The minimum Gasteiger partial charge on any atom is -0.488 e. The summed E-state index contributed by atoms with van der Waals surface area (Å²) in [6.45, 7) is 3.58. The zero-order valence-electron chi connectivity index (χ0n) is 23.0. The molecule has 12 heteroatoms. The molecule has 3 aliphatic heterocycles. The van der Waals surface area contributed by atoms with Crippen molar-refractivity contribution < 1.29 is 38.6 Å². The molecular weight excluding hydrogens is 544 g/mol. The maximum atomic E-state index is 13.2. The summed E-state index contributed by atoms with van der Waals surface area (Å²) in [4.78, 5) is 78.0. The molecule has 2 N–H and O–H groups in total. The summed E-state index contributed by atoms with van der Waals surface area (Å²) in [7, 11) is 0. The van der Waals surface area contributed by atoms with Gasteiger partial charge >= 0.3 is 5.97 Å². The Hall–Kier alpha value is -4.58. The zero-order valence-corrected chi connectivity index (χ0v) is 23.0. The van der Waals surface area contributed by atoms with E-state index < -0.39 is 35.6 Å². The van der Waals surface area contributed by atoms with E-state index in [0.29, 0.717) is 19.5 Å². The average Bonchev–Trinajstić information content (AvgIpc) is 3.22. The number of nitrogens with zero attached hydrogens (tertiary/aromatic N) is 3. The topological polar surface area (TPSA) is 154 Å². The molecule has 5 rings (SSSR count). The molecule has 0 aliphatic carbocycles. The van der Waals surface area contributed by atoms with Crippen molar-refractivity contribution in [1.82, 2.24) is 20.0 Å².